The molecule has 0 saturated heterocycles. The molecule has 3 heteroatoms. The number of rotatable bonds is 7. The van der Waals surface area contributed by atoms with E-state index < -0.39 is 0 Å². The van der Waals surface area contributed by atoms with Gasteiger partial charge >= 0.3 is 0 Å². The number of hydrogen-bond acceptors (Lipinski definition) is 3. The van der Waals surface area contributed by atoms with Gasteiger partial charge < -0.3 is 4.90 Å². The lowest BCUT2D eigenvalue weighted by molar-refractivity contribution is 0.989. The Morgan fingerprint density at radius 1 is 0.339 bits per heavy atom. The molecule has 0 saturated carbocycles. The Hall–Kier alpha value is -7.17. The highest BCUT2D eigenvalue weighted by Gasteiger charge is 2.26. The van der Waals surface area contributed by atoms with Crippen molar-refractivity contribution in [3.05, 3.63) is 247 Å². The summed E-state index contributed by atoms with van der Waals surface area (Å²) in [6.07, 6.45) is 0. The van der Waals surface area contributed by atoms with Gasteiger partial charge in [0.2, 0.25) is 0 Å². The third-order valence-corrected chi connectivity index (χ3v) is 14.7. The molecule has 292 valence electrons. The van der Waals surface area contributed by atoms with Crippen LogP contribution in [0.15, 0.2) is 240 Å². The van der Waals surface area contributed by atoms with Gasteiger partial charge in [-0.3, -0.25) is 0 Å². The smallest absolute Gasteiger partial charge is 0.0602 e. The van der Waals surface area contributed by atoms with Crippen LogP contribution in [0, 0.1) is 0 Å². The zero-order valence-electron chi connectivity index (χ0n) is 33.8. The summed E-state index contributed by atoms with van der Waals surface area (Å²) in [5.74, 6) is 0.115. The van der Waals surface area contributed by atoms with Gasteiger partial charge in [-0.2, -0.15) is 0 Å². The number of fused-ring (bicyclic) bond motifs is 6. The summed E-state index contributed by atoms with van der Waals surface area (Å²) < 4.78 is 2.66. The summed E-state index contributed by atoms with van der Waals surface area (Å²) in [5.41, 5.74) is 14.7. The second kappa shape index (κ2) is 15.4. The monoisotopic (exact) mass is 825 g/mol. The van der Waals surface area contributed by atoms with Gasteiger partial charge in [-0.1, -0.05) is 188 Å². The summed E-state index contributed by atoms with van der Waals surface area (Å²) >= 11 is 3.73. The molecule has 1 unspecified atom stereocenters. The number of nitrogens with zero attached hydrogens (tertiary/aromatic N) is 1. The first-order chi connectivity index (χ1) is 30.7. The first-order valence-corrected chi connectivity index (χ1v) is 22.8. The molecule has 10 aromatic carbocycles. The molecule has 0 spiro atoms. The summed E-state index contributed by atoms with van der Waals surface area (Å²) in [5, 5.41) is 5.21. The SMILES string of the molecule is c1ccc(-c2ccc3c(c2)Sc2cc(-c4ccc(C(c5ccccc5)c5cccc6ccccc56)cc4)ccc2N3c2ccc(-c3ccc4sc5ccccc5c4c3)cc2)cc1. The minimum Gasteiger partial charge on any atom is -0.308 e. The van der Waals surface area contributed by atoms with E-state index in [0.717, 1.165) is 5.69 Å². The molecule has 0 fully saturated rings. The molecule has 12 rings (SSSR count). The summed E-state index contributed by atoms with van der Waals surface area (Å²) in [7, 11) is 0. The lowest BCUT2D eigenvalue weighted by Gasteiger charge is -2.33. The quantitative estimate of drug-likeness (QED) is 0.147. The maximum absolute atomic E-state index is 2.44. The van der Waals surface area contributed by atoms with Gasteiger partial charge in [0.1, 0.15) is 0 Å². The molecular weight excluding hydrogens is 787 g/mol. The van der Waals surface area contributed by atoms with Crippen molar-refractivity contribution in [1.82, 2.24) is 0 Å². The van der Waals surface area contributed by atoms with Crippen molar-refractivity contribution in [2.45, 2.75) is 15.7 Å². The van der Waals surface area contributed by atoms with Gasteiger partial charge in [-0.25, -0.2) is 0 Å². The summed E-state index contributed by atoms with van der Waals surface area (Å²) in [6, 6.07) is 85.0. The fourth-order valence-electron chi connectivity index (χ4n) is 9.35. The Bertz CT molecular complexity index is 3420. The number of thiophene rings is 1. The van der Waals surface area contributed by atoms with E-state index in [1.807, 2.05) is 23.1 Å². The van der Waals surface area contributed by atoms with Crippen molar-refractivity contribution in [1.29, 1.82) is 0 Å². The normalized spacial score (nSPS) is 12.7. The van der Waals surface area contributed by atoms with Gasteiger partial charge in [-0.05, 0) is 115 Å². The van der Waals surface area contributed by atoms with E-state index in [1.165, 1.54) is 102 Å². The van der Waals surface area contributed by atoms with E-state index >= 15 is 0 Å². The molecular formula is C59H39NS2. The van der Waals surface area contributed by atoms with Gasteiger partial charge in [0, 0.05) is 41.6 Å². The van der Waals surface area contributed by atoms with Crippen molar-refractivity contribution in [2.75, 3.05) is 4.90 Å². The first-order valence-electron chi connectivity index (χ1n) is 21.2. The maximum Gasteiger partial charge on any atom is 0.0602 e. The second-order valence-electron chi connectivity index (χ2n) is 16.1. The van der Waals surface area contributed by atoms with E-state index in [2.05, 4.69) is 235 Å². The maximum atomic E-state index is 2.44. The van der Waals surface area contributed by atoms with Crippen LogP contribution in [-0.4, -0.2) is 0 Å². The fraction of sp³-hybridized carbons (Fsp3) is 0.0169. The molecule has 0 amide bonds. The average molecular weight is 826 g/mol. The van der Waals surface area contributed by atoms with Crippen molar-refractivity contribution in [3.63, 3.8) is 0 Å². The van der Waals surface area contributed by atoms with Gasteiger partial charge in [0.15, 0.2) is 0 Å². The highest BCUT2D eigenvalue weighted by Crippen LogP contribution is 2.53. The Balaban J connectivity index is 0.920. The highest BCUT2D eigenvalue weighted by atomic mass is 32.2. The molecule has 1 aromatic heterocycles. The largest absolute Gasteiger partial charge is 0.308 e. The van der Waals surface area contributed by atoms with E-state index in [1.54, 1.807) is 0 Å². The van der Waals surface area contributed by atoms with Crippen LogP contribution in [0.3, 0.4) is 0 Å². The van der Waals surface area contributed by atoms with E-state index in [9.17, 15) is 0 Å². The molecule has 0 radical (unpaired) electrons. The van der Waals surface area contributed by atoms with E-state index in [0.29, 0.717) is 0 Å². The summed E-state index contributed by atoms with van der Waals surface area (Å²) in [6.45, 7) is 0. The minimum atomic E-state index is 0.115. The average Bonchev–Trinajstić information content (AvgIpc) is 3.72. The molecule has 1 nitrogen and oxygen atoms in total. The Morgan fingerprint density at radius 2 is 0.855 bits per heavy atom. The van der Waals surface area contributed by atoms with Crippen molar-refractivity contribution < 1.29 is 0 Å². The standard InChI is InChI=1S/C59H39NS2/c1-3-12-39(13-4-1)46-28-33-53-57(37-46)62-58-38-47(40-22-24-44(25-23-40)59(43-15-5-2-6-16-43)51-20-11-17-42-14-7-8-18-49(42)51)29-34-54(58)60(53)48-31-26-41(27-32-48)45-30-35-56-52(36-45)50-19-9-10-21-55(50)61-56/h1-38,59H. The van der Waals surface area contributed by atoms with Crippen molar-refractivity contribution in [3.8, 4) is 33.4 Å². The van der Waals surface area contributed by atoms with Crippen LogP contribution in [0.1, 0.15) is 22.6 Å². The highest BCUT2D eigenvalue weighted by molar-refractivity contribution is 7.99. The first kappa shape index (κ1) is 36.7. The lowest BCUT2D eigenvalue weighted by atomic mass is 9.82. The molecule has 0 N–H and O–H groups in total. The molecule has 62 heavy (non-hydrogen) atoms. The molecule has 0 bridgehead atoms. The van der Waals surface area contributed by atoms with Crippen LogP contribution < -0.4 is 4.90 Å². The van der Waals surface area contributed by atoms with Gasteiger partial charge in [0.05, 0.1) is 11.4 Å². The van der Waals surface area contributed by atoms with E-state index in [4.69, 9.17) is 0 Å². The third kappa shape index (κ3) is 6.49. The third-order valence-electron chi connectivity index (χ3n) is 12.4. The van der Waals surface area contributed by atoms with Crippen LogP contribution in [0.25, 0.3) is 64.3 Å². The van der Waals surface area contributed by atoms with Crippen molar-refractivity contribution in [2.24, 2.45) is 0 Å². The fourth-order valence-corrected chi connectivity index (χ4v) is 11.6. The topological polar surface area (TPSA) is 3.24 Å². The number of hydrogen-bond donors (Lipinski definition) is 0. The molecule has 1 aliphatic rings. The minimum absolute atomic E-state index is 0.115. The summed E-state index contributed by atoms with van der Waals surface area (Å²) in [4.78, 5) is 4.92. The van der Waals surface area contributed by atoms with Crippen LogP contribution in [0.4, 0.5) is 17.1 Å². The molecule has 1 atom stereocenters. The van der Waals surface area contributed by atoms with Gasteiger partial charge in [-0.15, -0.1) is 11.3 Å². The Morgan fingerprint density at radius 3 is 1.58 bits per heavy atom. The zero-order valence-corrected chi connectivity index (χ0v) is 35.4. The lowest BCUT2D eigenvalue weighted by Crippen LogP contribution is -2.15. The molecule has 1 aliphatic heterocycles. The Labute approximate surface area is 370 Å². The van der Waals surface area contributed by atoms with Gasteiger partial charge in [0.25, 0.3) is 0 Å². The predicted octanol–water partition coefficient (Wildman–Crippen LogP) is 17.3. The number of anilines is 3. The predicted molar refractivity (Wildman–Crippen MR) is 266 cm³/mol. The molecule has 11 aromatic rings. The number of benzene rings is 10. The molecule has 0 aliphatic carbocycles. The zero-order chi connectivity index (χ0) is 41.0. The van der Waals surface area contributed by atoms with Crippen LogP contribution >= 0.6 is 23.1 Å². The van der Waals surface area contributed by atoms with Crippen LogP contribution in [-0.2, 0) is 0 Å². The van der Waals surface area contributed by atoms with E-state index in [-0.39, 0.29) is 5.92 Å². The Kier molecular flexibility index (Phi) is 9.10. The molecule has 2 heterocycles. The second-order valence-corrected chi connectivity index (χ2v) is 18.2. The van der Waals surface area contributed by atoms with Crippen LogP contribution in [0.2, 0.25) is 0 Å². The van der Waals surface area contributed by atoms with Crippen LogP contribution in [0.5, 0.6) is 0 Å². The van der Waals surface area contributed by atoms with Crippen molar-refractivity contribution >= 4 is 71.1 Å².